The van der Waals surface area contributed by atoms with Crippen LogP contribution in [0.1, 0.15) is 5.56 Å². The first-order valence-corrected chi connectivity index (χ1v) is 9.72. The van der Waals surface area contributed by atoms with Gasteiger partial charge in [0.15, 0.2) is 6.61 Å². The van der Waals surface area contributed by atoms with Crippen molar-refractivity contribution < 1.29 is 14.3 Å². The molecular formula is C19H17Br2N3O3. The maximum absolute atomic E-state index is 12.1. The lowest BCUT2D eigenvalue weighted by Gasteiger charge is -2.12. The number of para-hydroxylation sites is 1. The highest BCUT2D eigenvalue weighted by atomic mass is 79.9. The molecule has 0 aliphatic rings. The number of carbonyl (C=O) groups is 2. The molecule has 1 heterocycles. The van der Waals surface area contributed by atoms with Crippen molar-refractivity contribution in [1.29, 1.82) is 0 Å². The van der Waals surface area contributed by atoms with Crippen LogP contribution in [0.4, 0.5) is 0 Å². The molecule has 6 nitrogen and oxygen atoms in total. The van der Waals surface area contributed by atoms with Crippen LogP contribution in [0.3, 0.4) is 0 Å². The predicted molar refractivity (Wildman–Crippen MR) is 110 cm³/mol. The van der Waals surface area contributed by atoms with E-state index >= 15 is 0 Å². The van der Waals surface area contributed by atoms with Crippen molar-refractivity contribution in [3.05, 3.63) is 63.2 Å². The number of ether oxygens (including phenoxy) is 1. The highest BCUT2D eigenvalue weighted by Gasteiger charge is 2.11. The van der Waals surface area contributed by atoms with E-state index in [4.69, 9.17) is 4.74 Å². The summed E-state index contributed by atoms with van der Waals surface area (Å²) < 4.78 is 9.01. The van der Waals surface area contributed by atoms with E-state index in [-0.39, 0.29) is 19.1 Å². The molecule has 0 radical (unpaired) electrons. The standard InChI is InChI=1S/C19H17Br2N3O3/c1-12-8-14(20)9-15(21)19(12)27-11-18(26)23-22-17(25)10-24-7-6-13-4-2-3-5-16(13)24/h2-9H,10-11H2,1H3,(H,22,25)(H,23,26). The fourth-order valence-corrected chi connectivity index (χ4v) is 4.21. The van der Waals surface area contributed by atoms with Crippen LogP contribution in [0, 0.1) is 6.92 Å². The molecule has 8 heteroatoms. The zero-order valence-corrected chi connectivity index (χ0v) is 17.6. The smallest absolute Gasteiger partial charge is 0.276 e. The monoisotopic (exact) mass is 493 g/mol. The van der Waals surface area contributed by atoms with Crippen molar-refractivity contribution in [3.8, 4) is 5.75 Å². The SMILES string of the molecule is Cc1cc(Br)cc(Br)c1OCC(=O)NNC(=O)Cn1ccc2ccccc21. The van der Waals surface area contributed by atoms with Crippen LogP contribution >= 0.6 is 31.9 Å². The molecule has 0 unspecified atom stereocenters. The Kier molecular flexibility index (Phi) is 6.18. The predicted octanol–water partition coefficient (Wildman–Crippen LogP) is 3.70. The molecule has 0 saturated carbocycles. The van der Waals surface area contributed by atoms with Crippen LogP contribution in [0.15, 0.2) is 57.6 Å². The second-order valence-corrected chi connectivity index (χ2v) is 7.69. The van der Waals surface area contributed by atoms with Gasteiger partial charge in [0.05, 0.1) is 4.47 Å². The highest BCUT2D eigenvalue weighted by Crippen LogP contribution is 2.32. The van der Waals surface area contributed by atoms with E-state index in [2.05, 4.69) is 42.7 Å². The van der Waals surface area contributed by atoms with Crippen molar-refractivity contribution in [2.24, 2.45) is 0 Å². The van der Waals surface area contributed by atoms with Crippen LogP contribution in [-0.2, 0) is 16.1 Å². The molecule has 27 heavy (non-hydrogen) atoms. The number of amides is 2. The number of aryl methyl sites for hydroxylation is 1. The van der Waals surface area contributed by atoms with Gasteiger partial charge in [-0.05, 0) is 58.1 Å². The summed E-state index contributed by atoms with van der Waals surface area (Å²) in [4.78, 5) is 24.0. The second kappa shape index (κ2) is 8.58. The summed E-state index contributed by atoms with van der Waals surface area (Å²) in [6.07, 6.45) is 1.84. The number of hydrogen-bond acceptors (Lipinski definition) is 3. The molecule has 2 amide bonds. The van der Waals surface area contributed by atoms with Crippen LogP contribution < -0.4 is 15.6 Å². The Hall–Kier alpha value is -2.32. The third-order valence-corrected chi connectivity index (χ3v) is 4.92. The van der Waals surface area contributed by atoms with Crippen LogP contribution in [-0.4, -0.2) is 23.0 Å². The van der Waals surface area contributed by atoms with Crippen molar-refractivity contribution >= 4 is 54.6 Å². The normalized spacial score (nSPS) is 10.6. The largest absolute Gasteiger partial charge is 0.482 e. The Bertz CT molecular complexity index is 978. The number of aromatic nitrogens is 1. The van der Waals surface area contributed by atoms with Crippen molar-refractivity contribution in [3.63, 3.8) is 0 Å². The summed E-state index contributed by atoms with van der Waals surface area (Å²) in [6, 6.07) is 13.4. The van der Waals surface area contributed by atoms with Gasteiger partial charge in [-0.15, -0.1) is 0 Å². The molecule has 0 bridgehead atoms. The molecule has 0 aliphatic carbocycles. The topological polar surface area (TPSA) is 72.4 Å². The fourth-order valence-electron chi connectivity index (χ4n) is 2.66. The summed E-state index contributed by atoms with van der Waals surface area (Å²) in [7, 11) is 0. The molecule has 0 spiro atoms. The number of halogens is 2. The molecular weight excluding hydrogens is 478 g/mol. The molecule has 0 saturated heterocycles. The average Bonchev–Trinajstić information content (AvgIpc) is 3.02. The van der Waals surface area contributed by atoms with E-state index < -0.39 is 5.91 Å². The number of nitrogens with zero attached hydrogens (tertiary/aromatic N) is 1. The summed E-state index contributed by atoms with van der Waals surface area (Å²) in [6.45, 7) is 1.77. The van der Waals surface area contributed by atoms with Gasteiger partial charge in [0, 0.05) is 16.2 Å². The molecule has 3 aromatic rings. The molecule has 2 N–H and O–H groups in total. The molecule has 0 atom stereocenters. The number of rotatable bonds is 5. The number of hydrogen-bond donors (Lipinski definition) is 2. The van der Waals surface area contributed by atoms with E-state index in [9.17, 15) is 9.59 Å². The van der Waals surface area contributed by atoms with Gasteiger partial charge < -0.3 is 9.30 Å². The number of carbonyl (C=O) groups excluding carboxylic acids is 2. The first-order valence-electron chi connectivity index (χ1n) is 8.14. The Morgan fingerprint density at radius 2 is 1.81 bits per heavy atom. The Morgan fingerprint density at radius 1 is 1.07 bits per heavy atom. The summed E-state index contributed by atoms with van der Waals surface area (Å²) >= 11 is 6.80. The van der Waals surface area contributed by atoms with Crippen LogP contribution in [0.5, 0.6) is 5.75 Å². The first kappa shape index (κ1) is 19.4. The van der Waals surface area contributed by atoms with Gasteiger partial charge in [0.2, 0.25) is 0 Å². The van der Waals surface area contributed by atoms with Crippen LogP contribution in [0.2, 0.25) is 0 Å². The van der Waals surface area contributed by atoms with E-state index in [1.54, 1.807) is 0 Å². The van der Waals surface area contributed by atoms with E-state index in [1.807, 2.05) is 60.2 Å². The van der Waals surface area contributed by atoms with Gasteiger partial charge in [0.1, 0.15) is 12.3 Å². The summed E-state index contributed by atoms with van der Waals surface area (Å²) in [5.74, 6) is -0.195. The molecule has 0 aliphatic heterocycles. The van der Waals surface area contributed by atoms with E-state index in [0.29, 0.717) is 5.75 Å². The van der Waals surface area contributed by atoms with Gasteiger partial charge in [0.25, 0.3) is 11.8 Å². The lowest BCUT2D eigenvalue weighted by molar-refractivity contribution is -0.130. The van der Waals surface area contributed by atoms with E-state index in [0.717, 1.165) is 25.4 Å². The molecule has 1 aromatic heterocycles. The maximum Gasteiger partial charge on any atom is 0.276 e. The van der Waals surface area contributed by atoms with Crippen molar-refractivity contribution in [2.45, 2.75) is 13.5 Å². The van der Waals surface area contributed by atoms with E-state index in [1.165, 1.54) is 0 Å². The lowest BCUT2D eigenvalue weighted by Crippen LogP contribution is -2.45. The lowest BCUT2D eigenvalue weighted by atomic mass is 10.2. The average molecular weight is 495 g/mol. The minimum Gasteiger partial charge on any atom is -0.482 e. The minimum atomic E-state index is -0.449. The first-order chi connectivity index (χ1) is 12.9. The maximum atomic E-state index is 12.1. The second-order valence-electron chi connectivity index (χ2n) is 5.92. The van der Waals surface area contributed by atoms with Gasteiger partial charge >= 0.3 is 0 Å². The molecule has 3 rings (SSSR count). The van der Waals surface area contributed by atoms with Gasteiger partial charge in [-0.1, -0.05) is 34.1 Å². The Morgan fingerprint density at radius 3 is 2.59 bits per heavy atom. The summed E-state index contributed by atoms with van der Waals surface area (Å²) in [5.41, 5.74) is 6.60. The van der Waals surface area contributed by atoms with Gasteiger partial charge in [-0.25, -0.2) is 0 Å². The summed E-state index contributed by atoms with van der Waals surface area (Å²) in [5, 5.41) is 1.05. The van der Waals surface area contributed by atoms with Gasteiger partial charge in [-0.3, -0.25) is 20.4 Å². The molecule has 140 valence electrons. The third-order valence-electron chi connectivity index (χ3n) is 3.88. The number of benzene rings is 2. The van der Waals surface area contributed by atoms with Crippen LogP contribution in [0.25, 0.3) is 10.9 Å². The third kappa shape index (κ3) is 4.90. The zero-order chi connectivity index (χ0) is 19.4. The Balaban J connectivity index is 1.50. The van der Waals surface area contributed by atoms with Crippen molar-refractivity contribution in [1.82, 2.24) is 15.4 Å². The van der Waals surface area contributed by atoms with Gasteiger partial charge in [-0.2, -0.15) is 0 Å². The number of fused-ring (bicyclic) bond motifs is 1. The quantitative estimate of drug-likeness (QED) is 0.531. The Labute approximate surface area is 173 Å². The number of hydrazine groups is 1. The number of nitrogens with one attached hydrogen (secondary N) is 2. The fraction of sp³-hybridized carbons (Fsp3) is 0.158. The molecule has 2 aromatic carbocycles. The molecule has 0 fully saturated rings. The van der Waals surface area contributed by atoms with Crippen molar-refractivity contribution in [2.75, 3.05) is 6.61 Å². The zero-order valence-electron chi connectivity index (χ0n) is 14.5. The highest BCUT2D eigenvalue weighted by molar-refractivity contribution is 9.11. The minimum absolute atomic E-state index is 0.103.